The molecule has 100 valence electrons. The lowest BCUT2D eigenvalue weighted by Gasteiger charge is -2.24. The molecule has 1 aromatic carbocycles. The maximum atomic E-state index is 12.2. The van der Waals surface area contributed by atoms with Crippen molar-refractivity contribution in [3.05, 3.63) is 40.3 Å². The Balaban J connectivity index is 2.24. The van der Waals surface area contributed by atoms with Gasteiger partial charge in [0, 0.05) is 11.6 Å². The molecule has 19 heavy (non-hydrogen) atoms. The predicted octanol–water partition coefficient (Wildman–Crippen LogP) is 2.10. The fraction of sp³-hybridized carbons (Fsp3) is 0.231. The number of amides is 1. The van der Waals surface area contributed by atoms with Crippen molar-refractivity contribution in [2.45, 2.75) is 19.4 Å². The van der Waals surface area contributed by atoms with Gasteiger partial charge in [-0.15, -0.1) is 11.3 Å². The third kappa shape index (κ3) is 2.68. The summed E-state index contributed by atoms with van der Waals surface area (Å²) in [5.41, 5.74) is 5.31. The lowest BCUT2D eigenvalue weighted by atomic mass is 10.1. The fourth-order valence-corrected chi connectivity index (χ4v) is 2.40. The van der Waals surface area contributed by atoms with Gasteiger partial charge in [-0.3, -0.25) is 4.79 Å². The van der Waals surface area contributed by atoms with Gasteiger partial charge in [-0.25, -0.2) is 4.98 Å². The second kappa shape index (κ2) is 4.89. The minimum absolute atomic E-state index is 0.157. The van der Waals surface area contributed by atoms with E-state index in [0.29, 0.717) is 0 Å². The van der Waals surface area contributed by atoms with E-state index in [1.54, 1.807) is 12.3 Å². The molecule has 0 aliphatic carbocycles. The van der Waals surface area contributed by atoms with Crippen LogP contribution < -0.4 is 11.1 Å². The highest BCUT2D eigenvalue weighted by Crippen LogP contribution is 2.27. The molecule has 2 rings (SSSR count). The second-order valence-corrected chi connectivity index (χ2v) is 5.55. The zero-order valence-corrected chi connectivity index (χ0v) is 11.5. The molecule has 1 heterocycles. The van der Waals surface area contributed by atoms with E-state index >= 15 is 0 Å². The summed E-state index contributed by atoms with van der Waals surface area (Å²) in [5.74, 6) is -0.583. The van der Waals surface area contributed by atoms with Crippen LogP contribution in [0.25, 0.3) is 0 Å². The fourth-order valence-electron chi connectivity index (χ4n) is 1.68. The maximum Gasteiger partial charge on any atom is 0.255 e. The Bertz CT molecular complexity index is 594. The third-order valence-electron chi connectivity index (χ3n) is 2.70. The molecule has 0 saturated heterocycles. The van der Waals surface area contributed by atoms with Crippen molar-refractivity contribution in [1.29, 1.82) is 0 Å². The van der Waals surface area contributed by atoms with Gasteiger partial charge in [-0.05, 0) is 26.0 Å². The number of benzene rings is 1. The van der Waals surface area contributed by atoms with Crippen molar-refractivity contribution in [3.63, 3.8) is 0 Å². The van der Waals surface area contributed by atoms with E-state index in [4.69, 9.17) is 5.73 Å². The van der Waals surface area contributed by atoms with Gasteiger partial charge in [-0.1, -0.05) is 6.07 Å². The van der Waals surface area contributed by atoms with Crippen LogP contribution in [-0.4, -0.2) is 16.0 Å². The molecular formula is C13H15N3O2S. The van der Waals surface area contributed by atoms with E-state index in [-0.39, 0.29) is 22.9 Å². The van der Waals surface area contributed by atoms with E-state index in [2.05, 4.69) is 10.3 Å². The van der Waals surface area contributed by atoms with Crippen molar-refractivity contribution in [2.75, 3.05) is 5.73 Å². The average molecular weight is 277 g/mol. The average Bonchev–Trinajstić information content (AvgIpc) is 2.86. The summed E-state index contributed by atoms with van der Waals surface area (Å²) in [6, 6.07) is 4.69. The van der Waals surface area contributed by atoms with Gasteiger partial charge in [0.1, 0.15) is 5.01 Å². The SMILES string of the molecule is CC(C)(NC(=O)c1cccc(N)c1O)c1nccs1. The lowest BCUT2D eigenvalue weighted by Crippen LogP contribution is -2.40. The van der Waals surface area contributed by atoms with Crippen LogP contribution in [0.2, 0.25) is 0 Å². The van der Waals surface area contributed by atoms with Crippen LogP contribution in [0.5, 0.6) is 5.75 Å². The molecule has 1 aromatic heterocycles. The Labute approximate surface area is 115 Å². The number of hydrogen-bond acceptors (Lipinski definition) is 5. The molecule has 0 unspecified atom stereocenters. The van der Waals surface area contributed by atoms with Crippen LogP contribution in [0.15, 0.2) is 29.8 Å². The number of rotatable bonds is 3. The number of phenols is 1. The summed E-state index contributed by atoms with van der Waals surface area (Å²) >= 11 is 1.46. The van der Waals surface area contributed by atoms with Gasteiger partial charge in [0.05, 0.1) is 16.8 Å². The van der Waals surface area contributed by atoms with Gasteiger partial charge >= 0.3 is 0 Å². The van der Waals surface area contributed by atoms with Crippen molar-refractivity contribution < 1.29 is 9.90 Å². The minimum atomic E-state index is -0.609. The Morgan fingerprint density at radius 1 is 1.47 bits per heavy atom. The van der Waals surface area contributed by atoms with Crippen LogP contribution in [0, 0.1) is 0 Å². The van der Waals surface area contributed by atoms with Crippen molar-refractivity contribution in [1.82, 2.24) is 10.3 Å². The van der Waals surface area contributed by atoms with Crippen LogP contribution >= 0.6 is 11.3 Å². The summed E-state index contributed by atoms with van der Waals surface area (Å²) in [6.07, 6.45) is 1.69. The molecule has 5 nitrogen and oxygen atoms in total. The monoisotopic (exact) mass is 277 g/mol. The van der Waals surface area contributed by atoms with E-state index in [9.17, 15) is 9.90 Å². The molecule has 0 spiro atoms. The lowest BCUT2D eigenvalue weighted by molar-refractivity contribution is 0.0909. The molecule has 0 atom stereocenters. The Morgan fingerprint density at radius 3 is 2.84 bits per heavy atom. The van der Waals surface area contributed by atoms with Gasteiger partial charge in [0.25, 0.3) is 5.91 Å². The molecule has 0 bridgehead atoms. The van der Waals surface area contributed by atoms with E-state index in [0.717, 1.165) is 5.01 Å². The van der Waals surface area contributed by atoms with Crippen LogP contribution in [0.1, 0.15) is 29.2 Å². The smallest absolute Gasteiger partial charge is 0.255 e. The highest BCUT2D eigenvalue weighted by atomic mass is 32.1. The molecular weight excluding hydrogens is 262 g/mol. The summed E-state index contributed by atoms with van der Waals surface area (Å²) in [5, 5.41) is 15.3. The topological polar surface area (TPSA) is 88.2 Å². The normalized spacial score (nSPS) is 11.3. The number of para-hydroxylation sites is 1. The summed E-state index contributed by atoms with van der Waals surface area (Å²) < 4.78 is 0. The second-order valence-electron chi connectivity index (χ2n) is 4.66. The number of aromatic hydroxyl groups is 1. The Kier molecular flexibility index (Phi) is 3.44. The van der Waals surface area contributed by atoms with Gasteiger partial charge in [-0.2, -0.15) is 0 Å². The number of nitrogens with zero attached hydrogens (tertiary/aromatic N) is 1. The highest BCUT2D eigenvalue weighted by Gasteiger charge is 2.27. The Hall–Kier alpha value is -2.08. The van der Waals surface area contributed by atoms with E-state index in [1.165, 1.54) is 23.5 Å². The number of phenolic OH excluding ortho intramolecular Hbond substituents is 1. The molecule has 6 heteroatoms. The third-order valence-corrected chi connectivity index (χ3v) is 3.80. The van der Waals surface area contributed by atoms with Crippen molar-refractivity contribution >= 4 is 22.9 Å². The molecule has 2 aromatic rings. The van der Waals surface area contributed by atoms with E-state index < -0.39 is 5.54 Å². The van der Waals surface area contributed by atoms with E-state index in [1.807, 2.05) is 19.2 Å². The summed E-state index contributed by atoms with van der Waals surface area (Å²) in [4.78, 5) is 16.4. The number of hydrogen-bond donors (Lipinski definition) is 3. The summed E-state index contributed by atoms with van der Waals surface area (Å²) in [6.45, 7) is 3.71. The number of aromatic nitrogens is 1. The molecule has 0 aliphatic rings. The largest absolute Gasteiger partial charge is 0.505 e. The quantitative estimate of drug-likeness (QED) is 0.592. The first kappa shape index (κ1) is 13.4. The van der Waals surface area contributed by atoms with Gasteiger partial charge in [0.15, 0.2) is 5.75 Å². The maximum absolute atomic E-state index is 12.2. The number of thiazole rings is 1. The molecule has 0 fully saturated rings. The minimum Gasteiger partial charge on any atom is -0.505 e. The molecule has 4 N–H and O–H groups in total. The van der Waals surface area contributed by atoms with Crippen molar-refractivity contribution in [3.8, 4) is 5.75 Å². The molecule has 1 amide bonds. The number of nitrogen functional groups attached to an aromatic ring is 1. The number of carbonyl (C=O) groups is 1. The number of carbonyl (C=O) groups excluding carboxylic acids is 1. The van der Waals surface area contributed by atoms with Crippen molar-refractivity contribution in [2.24, 2.45) is 0 Å². The zero-order chi connectivity index (χ0) is 14.0. The van der Waals surface area contributed by atoms with Crippen LogP contribution in [0.3, 0.4) is 0 Å². The summed E-state index contributed by atoms with van der Waals surface area (Å²) in [7, 11) is 0. The molecule has 0 aliphatic heterocycles. The first-order valence-corrected chi connectivity index (χ1v) is 6.60. The highest BCUT2D eigenvalue weighted by molar-refractivity contribution is 7.09. The first-order chi connectivity index (χ1) is 8.92. The van der Waals surface area contributed by atoms with Gasteiger partial charge in [0.2, 0.25) is 0 Å². The number of nitrogens with one attached hydrogen (secondary N) is 1. The zero-order valence-electron chi connectivity index (χ0n) is 10.7. The first-order valence-electron chi connectivity index (χ1n) is 5.72. The number of anilines is 1. The predicted molar refractivity (Wildman–Crippen MR) is 75.1 cm³/mol. The van der Waals surface area contributed by atoms with Gasteiger partial charge < -0.3 is 16.2 Å². The molecule has 0 radical (unpaired) electrons. The standard InChI is InChI=1S/C13H15N3O2S/c1-13(2,12-15-6-7-19-12)16-11(18)8-4-3-5-9(14)10(8)17/h3-7,17H,14H2,1-2H3,(H,16,18). The Morgan fingerprint density at radius 2 is 2.21 bits per heavy atom. The molecule has 0 saturated carbocycles. The van der Waals surface area contributed by atoms with Crippen LogP contribution in [0.4, 0.5) is 5.69 Å². The van der Waals surface area contributed by atoms with Crippen LogP contribution in [-0.2, 0) is 5.54 Å². The number of nitrogens with two attached hydrogens (primary N) is 1.